The van der Waals surface area contributed by atoms with Gasteiger partial charge in [-0.3, -0.25) is 9.59 Å². The highest BCUT2D eigenvalue weighted by Crippen LogP contribution is 2.09. The number of rotatable bonds is 2. The smallest absolute Gasteiger partial charge is 0.300 e. The van der Waals surface area contributed by atoms with E-state index < -0.39 is 11.8 Å². The first-order valence-corrected chi connectivity index (χ1v) is 4.27. The number of carbonyl (C=O) groups is 2. The van der Waals surface area contributed by atoms with Crippen LogP contribution < -0.4 is 11.1 Å². The third-order valence-electron chi connectivity index (χ3n) is 1.64. The summed E-state index contributed by atoms with van der Waals surface area (Å²) in [5, 5.41) is 2.52. The first-order valence-electron chi connectivity index (χ1n) is 4.27. The third-order valence-corrected chi connectivity index (χ3v) is 1.64. The molecule has 0 aromatic heterocycles. The van der Waals surface area contributed by atoms with E-state index in [-0.39, 0.29) is 0 Å². The van der Waals surface area contributed by atoms with E-state index in [2.05, 4.69) is 17.2 Å². The van der Waals surface area contributed by atoms with Crippen molar-refractivity contribution in [3.63, 3.8) is 0 Å². The number of nitrogens with one attached hydrogen (secondary N) is 1. The lowest BCUT2D eigenvalue weighted by molar-refractivity contribution is -0.111. The maximum absolute atomic E-state index is 11.1. The van der Waals surface area contributed by atoms with Crippen LogP contribution in [0.25, 0.3) is 0 Å². The second-order valence-electron chi connectivity index (χ2n) is 2.77. The van der Waals surface area contributed by atoms with Gasteiger partial charge < -0.3 is 11.1 Å². The van der Waals surface area contributed by atoms with E-state index in [1.807, 2.05) is 0 Å². The molecule has 0 aliphatic rings. The molecule has 0 saturated heterocycles. The Morgan fingerprint density at radius 1 is 1.40 bits per heavy atom. The molecule has 1 rings (SSSR count). The van der Waals surface area contributed by atoms with Crippen molar-refractivity contribution in [2.24, 2.45) is 5.73 Å². The predicted molar refractivity (Wildman–Crippen MR) is 57.0 cm³/mol. The zero-order valence-electron chi connectivity index (χ0n) is 8.20. The van der Waals surface area contributed by atoms with Crippen LogP contribution in [0.2, 0.25) is 0 Å². The van der Waals surface area contributed by atoms with E-state index >= 15 is 0 Å². The van der Waals surface area contributed by atoms with E-state index in [0.29, 0.717) is 11.3 Å². The second-order valence-corrected chi connectivity index (χ2v) is 2.77. The van der Waals surface area contributed by atoms with E-state index in [9.17, 15) is 9.59 Å². The summed E-state index contributed by atoms with van der Waals surface area (Å²) >= 11 is 0. The van der Waals surface area contributed by atoms with Crippen molar-refractivity contribution in [2.45, 2.75) is 6.92 Å². The van der Waals surface area contributed by atoms with Crippen molar-refractivity contribution >= 4 is 17.5 Å². The molecule has 0 atom stereocenters. The fourth-order valence-corrected chi connectivity index (χ4v) is 1.03. The Hall–Kier alpha value is -2.28. The minimum atomic E-state index is -0.535. The molecule has 3 N–H and O–H groups in total. The van der Waals surface area contributed by atoms with Crippen LogP contribution in [0, 0.1) is 11.8 Å². The first kappa shape index (κ1) is 10.8. The Morgan fingerprint density at radius 2 is 2.13 bits per heavy atom. The Bertz CT molecular complexity index is 455. The summed E-state index contributed by atoms with van der Waals surface area (Å²) in [4.78, 5) is 21.9. The predicted octanol–water partition coefficient (Wildman–Crippen LogP) is 0.747. The normalized spacial score (nSPS) is 8.60. The topological polar surface area (TPSA) is 72.2 Å². The minimum Gasteiger partial charge on any atom is -0.366 e. The molecular weight excluding hydrogens is 192 g/mol. The fraction of sp³-hybridized carbons (Fsp3) is 0.0909. The number of carbonyl (C=O) groups excluding carboxylic acids is 2. The van der Waals surface area contributed by atoms with Crippen LogP contribution in [-0.2, 0) is 4.79 Å². The quantitative estimate of drug-likeness (QED) is 0.694. The molecule has 76 valence electrons. The molecule has 1 aromatic carbocycles. The van der Waals surface area contributed by atoms with E-state index in [1.54, 1.807) is 25.1 Å². The van der Waals surface area contributed by atoms with E-state index in [1.165, 1.54) is 6.07 Å². The largest absolute Gasteiger partial charge is 0.366 e. The van der Waals surface area contributed by atoms with Crippen LogP contribution in [0.5, 0.6) is 0 Å². The van der Waals surface area contributed by atoms with Crippen LogP contribution in [0.3, 0.4) is 0 Å². The van der Waals surface area contributed by atoms with Gasteiger partial charge in [-0.1, -0.05) is 12.0 Å². The fourth-order valence-electron chi connectivity index (χ4n) is 1.03. The lowest BCUT2D eigenvalue weighted by Crippen LogP contribution is -2.13. The molecule has 4 nitrogen and oxygen atoms in total. The average molecular weight is 202 g/mol. The van der Waals surface area contributed by atoms with E-state index in [4.69, 9.17) is 5.73 Å². The van der Waals surface area contributed by atoms with Crippen molar-refractivity contribution in [1.29, 1.82) is 0 Å². The average Bonchev–Trinajstić information content (AvgIpc) is 2.18. The van der Waals surface area contributed by atoms with Gasteiger partial charge in [-0.2, -0.15) is 0 Å². The number of hydrogen-bond acceptors (Lipinski definition) is 2. The van der Waals surface area contributed by atoms with Crippen LogP contribution in [0.15, 0.2) is 24.3 Å². The summed E-state index contributed by atoms with van der Waals surface area (Å²) < 4.78 is 0. The summed E-state index contributed by atoms with van der Waals surface area (Å²) in [6, 6.07) is 6.36. The molecule has 0 spiro atoms. The zero-order chi connectivity index (χ0) is 11.3. The molecule has 0 radical (unpaired) electrons. The molecular formula is C11H10N2O2. The van der Waals surface area contributed by atoms with Gasteiger partial charge >= 0.3 is 0 Å². The van der Waals surface area contributed by atoms with Gasteiger partial charge in [0.05, 0.1) is 0 Å². The maximum atomic E-state index is 11.1. The van der Waals surface area contributed by atoms with Crippen molar-refractivity contribution < 1.29 is 9.59 Å². The molecule has 0 saturated carbocycles. The highest BCUT2D eigenvalue weighted by atomic mass is 16.1. The summed E-state index contributed by atoms with van der Waals surface area (Å²) in [5.74, 6) is 3.85. The third kappa shape index (κ3) is 3.16. The molecule has 0 heterocycles. The Kier molecular flexibility index (Phi) is 3.47. The minimum absolute atomic E-state index is 0.345. The SMILES string of the molecule is CC#CC(=O)Nc1cccc(C(N)=O)c1. The van der Waals surface area contributed by atoms with Crippen LogP contribution in [0.4, 0.5) is 5.69 Å². The molecule has 0 aliphatic heterocycles. The van der Waals surface area contributed by atoms with Crippen molar-refractivity contribution in [3.05, 3.63) is 29.8 Å². The van der Waals surface area contributed by atoms with Crippen molar-refractivity contribution in [1.82, 2.24) is 0 Å². The summed E-state index contributed by atoms with van der Waals surface area (Å²) in [6.07, 6.45) is 0. The molecule has 4 heteroatoms. The second kappa shape index (κ2) is 4.82. The van der Waals surface area contributed by atoms with Gasteiger partial charge in [-0.25, -0.2) is 0 Å². The number of nitrogens with two attached hydrogens (primary N) is 1. The molecule has 2 amide bonds. The zero-order valence-corrected chi connectivity index (χ0v) is 8.20. The number of anilines is 1. The van der Waals surface area contributed by atoms with Gasteiger partial charge in [0.25, 0.3) is 5.91 Å². The molecule has 15 heavy (non-hydrogen) atoms. The molecule has 0 fully saturated rings. The molecule has 0 bridgehead atoms. The summed E-state index contributed by atoms with van der Waals surface area (Å²) in [7, 11) is 0. The van der Waals surface area contributed by atoms with Crippen LogP contribution >= 0.6 is 0 Å². The van der Waals surface area contributed by atoms with Gasteiger partial charge in [0.1, 0.15) is 0 Å². The van der Waals surface area contributed by atoms with E-state index in [0.717, 1.165) is 0 Å². The van der Waals surface area contributed by atoms with Crippen molar-refractivity contribution in [3.8, 4) is 11.8 Å². The number of primary amides is 1. The highest BCUT2D eigenvalue weighted by molar-refractivity contribution is 6.04. The molecule has 1 aromatic rings. The van der Waals surface area contributed by atoms with Gasteiger partial charge in [-0.05, 0) is 31.0 Å². The van der Waals surface area contributed by atoms with Crippen molar-refractivity contribution in [2.75, 3.05) is 5.32 Å². The lowest BCUT2D eigenvalue weighted by Gasteiger charge is -2.02. The Morgan fingerprint density at radius 3 is 2.73 bits per heavy atom. The summed E-state index contributed by atoms with van der Waals surface area (Å²) in [6.45, 7) is 1.57. The Labute approximate surface area is 87.5 Å². The van der Waals surface area contributed by atoms with Crippen LogP contribution in [0.1, 0.15) is 17.3 Å². The summed E-state index contributed by atoms with van der Waals surface area (Å²) in [5.41, 5.74) is 5.94. The van der Waals surface area contributed by atoms with Gasteiger partial charge in [0.15, 0.2) is 0 Å². The van der Waals surface area contributed by atoms with Crippen LogP contribution in [-0.4, -0.2) is 11.8 Å². The number of benzene rings is 1. The first-order chi connectivity index (χ1) is 7.13. The Balaban J connectivity index is 2.85. The number of hydrogen-bond donors (Lipinski definition) is 2. The lowest BCUT2D eigenvalue weighted by atomic mass is 10.2. The monoisotopic (exact) mass is 202 g/mol. The van der Waals surface area contributed by atoms with Gasteiger partial charge in [-0.15, -0.1) is 0 Å². The standard InChI is InChI=1S/C11H10N2O2/c1-2-4-10(14)13-9-6-3-5-8(7-9)11(12)15/h3,5-7H,1H3,(H2,12,15)(H,13,14). The maximum Gasteiger partial charge on any atom is 0.300 e. The molecule has 0 aliphatic carbocycles. The van der Waals surface area contributed by atoms with Gasteiger partial charge in [0, 0.05) is 11.3 Å². The molecule has 0 unspecified atom stereocenters. The van der Waals surface area contributed by atoms with Gasteiger partial charge in [0.2, 0.25) is 5.91 Å². The number of amides is 2. The highest BCUT2D eigenvalue weighted by Gasteiger charge is 2.02.